The second kappa shape index (κ2) is 4.49. The Morgan fingerprint density at radius 3 is 3.00 bits per heavy atom. The summed E-state index contributed by atoms with van der Waals surface area (Å²) in [6.45, 7) is 7.72. The van der Waals surface area contributed by atoms with Crippen molar-refractivity contribution in [3.8, 4) is 0 Å². The Kier molecular flexibility index (Phi) is 2.93. The van der Waals surface area contributed by atoms with Gasteiger partial charge in [0.25, 0.3) is 0 Å². The van der Waals surface area contributed by atoms with Crippen molar-refractivity contribution >= 4 is 12.2 Å². The van der Waals surface area contributed by atoms with Gasteiger partial charge in [-0.15, -0.1) is 0 Å². The molecule has 0 unspecified atom stereocenters. The third-order valence-corrected chi connectivity index (χ3v) is 3.77. The van der Waals surface area contributed by atoms with Crippen LogP contribution in [0.2, 0.25) is 0 Å². The highest BCUT2D eigenvalue weighted by Gasteiger charge is 2.30. The number of ether oxygens (including phenoxy) is 1. The summed E-state index contributed by atoms with van der Waals surface area (Å²) in [7, 11) is 0. The van der Waals surface area contributed by atoms with E-state index in [9.17, 15) is 0 Å². The molecule has 19 heavy (non-hydrogen) atoms. The monoisotopic (exact) mass is 260 g/mol. The Morgan fingerprint density at radius 1 is 1.37 bits per heavy atom. The molecule has 3 heterocycles. The first-order chi connectivity index (χ1) is 9.13. The van der Waals surface area contributed by atoms with Gasteiger partial charge in [-0.25, -0.2) is 9.67 Å². The van der Waals surface area contributed by atoms with Crippen LogP contribution in [0.3, 0.4) is 0 Å². The molecule has 0 aliphatic carbocycles. The quantitative estimate of drug-likeness (QED) is 0.837. The van der Waals surface area contributed by atoms with Crippen molar-refractivity contribution in [3.05, 3.63) is 23.5 Å². The van der Waals surface area contributed by atoms with Crippen LogP contribution in [0.25, 0.3) is 0 Å². The minimum absolute atomic E-state index is 0.123. The second-order valence-corrected chi connectivity index (χ2v) is 5.69. The van der Waals surface area contributed by atoms with Crippen molar-refractivity contribution < 1.29 is 4.74 Å². The van der Waals surface area contributed by atoms with Crippen LogP contribution in [0.1, 0.15) is 45.0 Å². The Balaban J connectivity index is 2.04. The van der Waals surface area contributed by atoms with E-state index in [0.29, 0.717) is 13.5 Å². The van der Waals surface area contributed by atoms with Crippen molar-refractivity contribution in [2.45, 2.75) is 39.0 Å². The lowest BCUT2D eigenvalue weighted by Gasteiger charge is -2.31. The van der Waals surface area contributed by atoms with Gasteiger partial charge in [0.2, 0.25) is 0 Å². The van der Waals surface area contributed by atoms with Crippen LogP contribution in [0.4, 0.5) is 0 Å². The van der Waals surface area contributed by atoms with Gasteiger partial charge in [-0.3, -0.25) is 4.90 Å². The maximum atomic E-state index is 5.30. The molecule has 102 valence electrons. The number of amidine groups is 1. The lowest BCUT2D eigenvalue weighted by atomic mass is 9.85. The average molecular weight is 260 g/mol. The molecule has 0 spiro atoms. The van der Waals surface area contributed by atoms with Gasteiger partial charge in [0.1, 0.15) is 25.5 Å². The van der Waals surface area contributed by atoms with E-state index in [4.69, 9.17) is 4.74 Å². The molecule has 0 radical (unpaired) electrons. The highest BCUT2D eigenvalue weighted by atomic mass is 16.5. The number of fused-ring (bicyclic) bond motifs is 3. The molecule has 5 heteroatoms. The number of aliphatic imine (C=N–C) groups is 1. The van der Waals surface area contributed by atoms with Gasteiger partial charge in [0, 0.05) is 11.1 Å². The number of rotatable bonds is 3. The van der Waals surface area contributed by atoms with Crippen LogP contribution in [-0.4, -0.2) is 35.2 Å². The molecule has 2 aliphatic heterocycles. The van der Waals surface area contributed by atoms with E-state index in [1.54, 1.807) is 6.34 Å². The van der Waals surface area contributed by atoms with Gasteiger partial charge in [-0.05, 0) is 18.6 Å². The zero-order valence-electron chi connectivity index (χ0n) is 11.8. The van der Waals surface area contributed by atoms with Crippen LogP contribution >= 0.6 is 0 Å². The lowest BCUT2D eigenvalue weighted by Crippen LogP contribution is -2.40. The zero-order chi connectivity index (χ0) is 13.5. The summed E-state index contributed by atoms with van der Waals surface area (Å²) in [4.78, 5) is 6.38. The highest BCUT2D eigenvalue weighted by Crippen LogP contribution is 2.31. The molecule has 0 fully saturated rings. The highest BCUT2D eigenvalue weighted by molar-refractivity contribution is 6.05. The van der Waals surface area contributed by atoms with Crippen molar-refractivity contribution in [1.82, 2.24) is 9.58 Å². The predicted octanol–water partition coefficient (Wildman–Crippen LogP) is 2.36. The normalized spacial score (nSPS) is 18.1. The van der Waals surface area contributed by atoms with Crippen molar-refractivity contribution in [1.29, 1.82) is 0 Å². The number of hydrogen-bond donors (Lipinski definition) is 0. The Bertz CT molecular complexity index is 542. The lowest BCUT2D eigenvalue weighted by molar-refractivity contribution is 0.0836. The minimum atomic E-state index is 0.123. The Morgan fingerprint density at radius 2 is 2.21 bits per heavy atom. The average Bonchev–Trinajstić information content (AvgIpc) is 2.83. The summed E-state index contributed by atoms with van der Waals surface area (Å²) < 4.78 is 7.33. The van der Waals surface area contributed by atoms with E-state index >= 15 is 0 Å². The SMILES string of the molecule is CCCC(C)(C)c1ccc2n1N=CN1COCN=C21. The van der Waals surface area contributed by atoms with E-state index in [1.165, 1.54) is 5.69 Å². The van der Waals surface area contributed by atoms with Gasteiger partial charge in [-0.1, -0.05) is 27.2 Å². The number of nitrogens with zero attached hydrogens (tertiary/aromatic N) is 4. The van der Waals surface area contributed by atoms with Crippen molar-refractivity contribution in [2.24, 2.45) is 10.1 Å². The summed E-state index contributed by atoms with van der Waals surface area (Å²) >= 11 is 0. The fraction of sp³-hybridized carbons (Fsp3) is 0.571. The largest absolute Gasteiger partial charge is 0.338 e. The van der Waals surface area contributed by atoms with Gasteiger partial charge >= 0.3 is 0 Å². The molecule has 0 aromatic carbocycles. The maximum absolute atomic E-state index is 5.30. The van der Waals surface area contributed by atoms with Gasteiger partial charge < -0.3 is 4.74 Å². The van der Waals surface area contributed by atoms with Gasteiger partial charge in [0.15, 0.2) is 5.84 Å². The zero-order valence-corrected chi connectivity index (χ0v) is 11.8. The third kappa shape index (κ3) is 1.98. The molecule has 0 atom stereocenters. The van der Waals surface area contributed by atoms with Crippen LogP contribution in [0, 0.1) is 0 Å². The smallest absolute Gasteiger partial charge is 0.159 e. The Labute approximate surface area is 113 Å². The molecule has 5 nitrogen and oxygen atoms in total. The molecule has 0 bridgehead atoms. The fourth-order valence-electron chi connectivity index (χ4n) is 2.82. The first kappa shape index (κ1) is 12.4. The molecular formula is C14H20N4O. The fourth-order valence-corrected chi connectivity index (χ4v) is 2.82. The summed E-state index contributed by atoms with van der Waals surface area (Å²) in [5, 5.41) is 4.54. The predicted molar refractivity (Wildman–Crippen MR) is 75.5 cm³/mol. The van der Waals surface area contributed by atoms with E-state index in [1.807, 2.05) is 9.58 Å². The first-order valence-corrected chi connectivity index (χ1v) is 6.79. The standard InChI is InChI=1S/C14H20N4O/c1-4-7-14(2,3)12-6-5-11-13-15-9-19-10-17(13)8-16-18(11)12/h5-6,8H,4,7,9-10H2,1-3H3. The minimum Gasteiger partial charge on any atom is -0.338 e. The molecule has 1 aromatic rings. The van der Waals surface area contributed by atoms with E-state index < -0.39 is 0 Å². The van der Waals surface area contributed by atoms with Crippen LogP contribution < -0.4 is 0 Å². The van der Waals surface area contributed by atoms with E-state index in [0.717, 1.165) is 24.4 Å². The summed E-state index contributed by atoms with van der Waals surface area (Å²) in [6, 6.07) is 4.28. The first-order valence-electron chi connectivity index (χ1n) is 6.79. The van der Waals surface area contributed by atoms with Crippen LogP contribution in [-0.2, 0) is 10.2 Å². The molecule has 0 saturated heterocycles. The summed E-state index contributed by atoms with van der Waals surface area (Å²) in [6.07, 6.45) is 4.11. The maximum Gasteiger partial charge on any atom is 0.159 e. The second-order valence-electron chi connectivity index (χ2n) is 5.69. The molecule has 2 aliphatic rings. The van der Waals surface area contributed by atoms with Crippen LogP contribution in [0.15, 0.2) is 22.2 Å². The van der Waals surface area contributed by atoms with E-state index in [-0.39, 0.29) is 5.41 Å². The molecular weight excluding hydrogens is 240 g/mol. The molecule has 1 aromatic heterocycles. The van der Waals surface area contributed by atoms with Crippen molar-refractivity contribution in [3.63, 3.8) is 0 Å². The van der Waals surface area contributed by atoms with Gasteiger partial charge in [0.05, 0.1) is 0 Å². The Hall–Kier alpha value is -1.62. The molecule has 0 N–H and O–H groups in total. The van der Waals surface area contributed by atoms with Crippen LogP contribution in [0.5, 0.6) is 0 Å². The van der Waals surface area contributed by atoms with Crippen molar-refractivity contribution in [2.75, 3.05) is 13.5 Å². The summed E-state index contributed by atoms with van der Waals surface area (Å²) in [5.41, 5.74) is 2.43. The van der Waals surface area contributed by atoms with E-state index in [2.05, 4.69) is 43.0 Å². The topological polar surface area (TPSA) is 42.1 Å². The summed E-state index contributed by atoms with van der Waals surface area (Å²) in [5.74, 6) is 0.958. The number of aromatic nitrogens is 1. The third-order valence-electron chi connectivity index (χ3n) is 3.77. The van der Waals surface area contributed by atoms with Gasteiger partial charge in [-0.2, -0.15) is 5.10 Å². The molecule has 0 saturated carbocycles. The number of hydrogen-bond acceptors (Lipinski definition) is 4. The molecule has 0 amide bonds. The molecule has 3 rings (SSSR count).